The van der Waals surface area contributed by atoms with Gasteiger partial charge < -0.3 is 4.74 Å². The lowest BCUT2D eigenvalue weighted by atomic mass is 10.1. The van der Waals surface area contributed by atoms with Gasteiger partial charge in [-0.15, -0.1) is 0 Å². The van der Waals surface area contributed by atoms with E-state index in [-0.39, 0.29) is 5.97 Å². The first kappa shape index (κ1) is 18.8. The molecule has 0 fully saturated rings. The molecule has 0 aromatic rings. The smallest absolute Gasteiger partial charge is 0.334 e. The fourth-order valence-corrected chi connectivity index (χ4v) is 2.10. The zero-order chi connectivity index (χ0) is 15.4. The number of rotatable bonds is 9. The van der Waals surface area contributed by atoms with Gasteiger partial charge in [0, 0.05) is 10.9 Å². The van der Waals surface area contributed by atoms with Crippen LogP contribution in [0.3, 0.4) is 0 Å². The molecule has 112 valence electrons. The Balaban J connectivity index is 4.18. The molecule has 0 spiro atoms. The van der Waals surface area contributed by atoms with Crippen molar-refractivity contribution >= 4 is 28.2 Å². The number of carbonyl (C=O) groups excluding carboxylic acids is 2. The number of carbonyl (C=O) groups is 2. The lowest BCUT2D eigenvalue weighted by Crippen LogP contribution is -2.05. The Morgan fingerprint density at radius 2 is 1.70 bits per heavy atom. The fourth-order valence-electron chi connectivity index (χ4n) is 1.65. The third kappa shape index (κ3) is 8.86. The summed E-state index contributed by atoms with van der Waals surface area (Å²) in [6, 6.07) is 0. The SMILES string of the molecule is COC(=O)/C(=C/CC/C(C)=C/CC/C(C)=C/C=O)CBr. The van der Waals surface area contributed by atoms with Crippen molar-refractivity contribution in [3.63, 3.8) is 0 Å². The minimum absolute atomic E-state index is 0.280. The first-order chi connectivity index (χ1) is 9.54. The van der Waals surface area contributed by atoms with Gasteiger partial charge in [0.2, 0.25) is 0 Å². The van der Waals surface area contributed by atoms with Crippen LogP contribution in [0, 0.1) is 0 Å². The van der Waals surface area contributed by atoms with Gasteiger partial charge in [-0.25, -0.2) is 4.79 Å². The highest BCUT2D eigenvalue weighted by atomic mass is 79.9. The summed E-state index contributed by atoms with van der Waals surface area (Å²) < 4.78 is 4.69. The fraction of sp³-hybridized carbons (Fsp3) is 0.500. The molecule has 0 aliphatic carbocycles. The molecule has 0 N–H and O–H groups in total. The Morgan fingerprint density at radius 3 is 2.25 bits per heavy atom. The molecule has 0 aliphatic rings. The Morgan fingerprint density at radius 1 is 1.10 bits per heavy atom. The van der Waals surface area contributed by atoms with E-state index in [4.69, 9.17) is 0 Å². The Hall–Kier alpha value is -1.16. The monoisotopic (exact) mass is 342 g/mol. The Labute approximate surface area is 129 Å². The molecule has 0 heterocycles. The number of aldehydes is 1. The van der Waals surface area contributed by atoms with Crippen LogP contribution in [0.2, 0.25) is 0 Å². The highest BCUT2D eigenvalue weighted by Gasteiger charge is 2.06. The van der Waals surface area contributed by atoms with Crippen molar-refractivity contribution in [1.82, 2.24) is 0 Å². The van der Waals surface area contributed by atoms with Crippen LogP contribution in [0.1, 0.15) is 39.5 Å². The maximum atomic E-state index is 11.4. The van der Waals surface area contributed by atoms with E-state index in [2.05, 4.69) is 33.7 Å². The van der Waals surface area contributed by atoms with Gasteiger partial charge >= 0.3 is 5.97 Å². The highest BCUT2D eigenvalue weighted by Crippen LogP contribution is 2.12. The summed E-state index contributed by atoms with van der Waals surface area (Å²) in [6.07, 6.45) is 10.1. The summed E-state index contributed by atoms with van der Waals surface area (Å²) in [6.45, 7) is 4.04. The molecule has 0 rings (SSSR count). The number of ether oxygens (including phenoxy) is 1. The van der Waals surface area contributed by atoms with E-state index in [0.29, 0.717) is 10.9 Å². The van der Waals surface area contributed by atoms with Crippen LogP contribution >= 0.6 is 15.9 Å². The van der Waals surface area contributed by atoms with Gasteiger partial charge in [0.25, 0.3) is 0 Å². The molecule has 0 bridgehead atoms. The van der Waals surface area contributed by atoms with Gasteiger partial charge in [-0.3, -0.25) is 4.79 Å². The van der Waals surface area contributed by atoms with Crippen LogP contribution in [0.25, 0.3) is 0 Å². The zero-order valence-corrected chi connectivity index (χ0v) is 14.0. The average Bonchev–Trinajstić information content (AvgIpc) is 2.43. The molecule has 20 heavy (non-hydrogen) atoms. The van der Waals surface area contributed by atoms with E-state index < -0.39 is 0 Å². The Bertz CT molecular complexity index is 406. The maximum Gasteiger partial charge on any atom is 0.334 e. The van der Waals surface area contributed by atoms with Crippen molar-refractivity contribution in [3.05, 3.63) is 34.9 Å². The van der Waals surface area contributed by atoms with Crippen LogP contribution in [0.4, 0.5) is 0 Å². The van der Waals surface area contributed by atoms with Crippen LogP contribution < -0.4 is 0 Å². The van der Waals surface area contributed by atoms with Gasteiger partial charge in [-0.1, -0.05) is 39.2 Å². The summed E-state index contributed by atoms with van der Waals surface area (Å²) in [5.74, 6) is -0.280. The van der Waals surface area contributed by atoms with Crippen LogP contribution in [0.15, 0.2) is 34.9 Å². The summed E-state index contributed by atoms with van der Waals surface area (Å²) in [4.78, 5) is 21.6. The molecule has 0 saturated carbocycles. The van der Waals surface area contributed by atoms with Crippen LogP contribution in [-0.4, -0.2) is 24.7 Å². The molecule has 0 aromatic carbocycles. The van der Waals surface area contributed by atoms with Crippen molar-refractivity contribution in [2.75, 3.05) is 12.4 Å². The van der Waals surface area contributed by atoms with Gasteiger partial charge in [0.05, 0.1) is 7.11 Å². The molecular weight excluding hydrogens is 320 g/mol. The number of methoxy groups -OCH3 is 1. The minimum atomic E-state index is -0.280. The number of allylic oxidation sites excluding steroid dienone is 5. The lowest BCUT2D eigenvalue weighted by Gasteiger charge is -2.03. The van der Waals surface area contributed by atoms with E-state index in [1.165, 1.54) is 12.7 Å². The van der Waals surface area contributed by atoms with Gasteiger partial charge in [0.1, 0.15) is 6.29 Å². The second-order valence-electron chi connectivity index (χ2n) is 4.63. The largest absolute Gasteiger partial charge is 0.466 e. The van der Waals surface area contributed by atoms with Gasteiger partial charge in [0.15, 0.2) is 0 Å². The number of esters is 1. The molecule has 0 atom stereocenters. The van der Waals surface area contributed by atoms with Gasteiger partial charge in [-0.05, 0) is 45.6 Å². The summed E-state index contributed by atoms with van der Waals surface area (Å²) in [5.41, 5.74) is 3.04. The van der Waals surface area contributed by atoms with E-state index in [0.717, 1.165) is 37.5 Å². The second kappa shape index (κ2) is 11.6. The predicted molar refractivity (Wildman–Crippen MR) is 85.9 cm³/mol. The minimum Gasteiger partial charge on any atom is -0.466 e. The molecule has 0 aromatic heterocycles. The van der Waals surface area contributed by atoms with E-state index in [1.54, 1.807) is 6.08 Å². The van der Waals surface area contributed by atoms with Crippen molar-refractivity contribution in [3.8, 4) is 0 Å². The third-order valence-electron chi connectivity index (χ3n) is 2.90. The number of hydrogen-bond donors (Lipinski definition) is 0. The van der Waals surface area contributed by atoms with Crippen LogP contribution in [-0.2, 0) is 14.3 Å². The molecule has 0 radical (unpaired) electrons. The molecule has 0 saturated heterocycles. The standard InChI is InChI=1S/C16H23BrO3/c1-13(6-4-7-14(2)10-11-18)8-5-9-15(12-17)16(19)20-3/h6,9-11H,4-5,7-8,12H2,1-3H3/b13-6+,14-10+,15-9+. The van der Waals surface area contributed by atoms with Crippen molar-refractivity contribution in [1.29, 1.82) is 0 Å². The number of hydrogen-bond acceptors (Lipinski definition) is 3. The topological polar surface area (TPSA) is 43.4 Å². The van der Waals surface area contributed by atoms with Crippen molar-refractivity contribution < 1.29 is 14.3 Å². The van der Waals surface area contributed by atoms with E-state index in [1.807, 2.05) is 13.0 Å². The highest BCUT2D eigenvalue weighted by molar-refractivity contribution is 9.09. The normalized spacial score (nSPS) is 13.3. The maximum absolute atomic E-state index is 11.4. The van der Waals surface area contributed by atoms with Crippen molar-refractivity contribution in [2.45, 2.75) is 39.5 Å². The Kier molecular flexibility index (Phi) is 11.0. The first-order valence-corrected chi connectivity index (χ1v) is 7.77. The van der Waals surface area contributed by atoms with Crippen molar-refractivity contribution in [2.24, 2.45) is 0 Å². The second-order valence-corrected chi connectivity index (χ2v) is 5.19. The molecule has 0 amide bonds. The number of halogens is 1. The summed E-state index contributed by atoms with van der Waals surface area (Å²) in [7, 11) is 1.39. The average molecular weight is 343 g/mol. The van der Waals surface area contributed by atoms with Crippen LogP contribution in [0.5, 0.6) is 0 Å². The molecule has 0 unspecified atom stereocenters. The molecular formula is C16H23BrO3. The molecule has 4 heteroatoms. The lowest BCUT2D eigenvalue weighted by molar-refractivity contribution is -0.136. The molecule has 3 nitrogen and oxygen atoms in total. The quantitative estimate of drug-likeness (QED) is 0.208. The third-order valence-corrected chi connectivity index (χ3v) is 3.51. The zero-order valence-electron chi connectivity index (χ0n) is 12.4. The van der Waals surface area contributed by atoms with E-state index in [9.17, 15) is 9.59 Å². The summed E-state index contributed by atoms with van der Waals surface area (Å²) >= 11 is 3.28. The predicted octanol–water partition coefficient (Wildman–Crippen LogP) is 4.13. The van der Waals surface area contributed by atoms with Gasteiger partial charge in [-0.2, -0.15) is 0 Å². The van der Waals surface area contributed by atoms with E-state index >= 15 is 0 Å². The summed E-state index contributed by atoms with van der Waals surface area (Å²) in [5, 5.41) is 0.512. The number of alkyl halides is 1. The first-order valence-electron chi connectivity index (χ1n) is 6.65. The molecule has 0 aliphatic heterocycles.